The molecule has 4 nitrogen and oxygen atoms in total. The van der Waals surface area contributed by atoms with Gasteiger partial charge in [0.25, 0.3) is 0 Å². The fraction of sp³-hybridized carbons (Fsp3) is 0.350. The second-order valence-electron chi connectivity index (χ2n) is 6.83. The molecule has 1 aliphatic rings. The Hall–Kier alpha value is -2.33. The zero-order valence-corrected chi connectivity index (χ0v) is 14.0. The van der Waals surface area contributed by atoms with Crippen LogP contribution in [-0.4, -0.2) is 35.7 Å². The molecule has 0 bridgehead atoms. The van der Waals surface area contributed by atoms with Crippen molar-refractivity contribution in [2.24, 2.45) is 0 Å². The van der Waals surface area contributed by atoms with Crippen LogP contribution in [0, 0.1) is 5.41 Å². The Bertz CT molecular complexity index is 839. The van der Waals surface area contributed by atoms with E-state index in [1.165, 1.54) is 42.4 Å². The third kappa shape index (κ3) is 2.89. The second kappa shape index (κ2) is 6.29. The highest BCUT2D eigenvalue weighted by Gasteiger charge is 2.21. The van der Waals surface area contributed by atoms with Crippen molar-refractivity contribution in [1.29, 1.82) is 5.41 Å². The summed E-state index contributed by atoms with van der Waals surface area (Å²) in [6, 6.07) is 10.2. The standard InChI is InChI=1S/C20H23N3O/c1-23-8-6-15(7-9-23)17-13-22-19-5-4-14(11-16(17)19)12-18(21)20-3-2-10-24-20/h2-5,10-11,13,15,21-22H,6-9,12H2,1H3. The summed E-state index contributed by atoms with van der Waals surface area (Å²) < 4.78 is 5.33. The number of furan rings is 1. The summed E-state index contributed by atoms with van der Waals surface area (Å²) in [7, 11) is 2.20. The number of aromatic nitrogens is 1. The molecule has 1 aromatic carbocycles. The zero-order valence-electron chi connectivity index (χ0n) is 14.0. The third-order valence-electron chi connectivity index (χ3n) is 5.14. The van der Waals surface area contributed by atoms with E-state index in [1.54, 1.807) is 6.26 Å². The predicted octanol–water partition coefficient (Wildman–Crippen LogP) is 4.18. The predicted molar refractivity (Wildman–Crippen MR) is 97.0 cm³/mol. The van der Waals surface area contributed by atoms with Gasteiger partial charge in [-0.1, -0.05) is 6.07 Å². The van der Waals surface area contributed by atoms with Crippen molar-refractivity contribution >= 4 is 16.6 Å². The minimum atomic E-state index is 0.524. The van der Waals surface area contributed by atoms with E-state index in [4.69, 9.17) is 9.83 Å². The molecule has 3 aromatic rings. The van der Waals surface area contributed by atoms with Crippen LogP contribution in [0.25, 0.3) is 10.9 Å². The fourth-order valence-electron chi connectivity index (χ4n) is 3.70. The molecule has 0 atom stereocenters. The monoisotopic (exact) mass is 321 g/mol. The van der Waals surface area contributed by atoms with Crippen molar-refractivity contribution in [3.05, 3.63) is 59.7 Å². The van der Waals surface area contributed by atoms with E-state index in [9.17, 15) is 0 Å². The number of nitrogens with one attached hydrogen (secondary N) is 2. The molecule has 1 aliphatic heterocycles. The topological polar surface area (TPSA) is 56.0 Å². The molecule has 1 saturated heterocycles. The number of hydrogen-bond donors (Lipinski definition) is 2. The maximum atomic E-state index is 8.22. The van der Waals surface area contributed by atoms with Gasteiger partial charge in [-0.2, -0.15) is 0 Å². The number of rotatable bonds is 4. The fourth-order valence-corrected chi connectivity index (χ4v) is 3.70. The van der Waals surface area contributed by atoms with Gasteiger partial charge in [-0.3, -0.25) is 0 Å². The van der Waals surface area contributed by atoms with E-state index >= 15 is 0 Å². The summed E-state index contributed by atoms with van der Waals surface area (Å²) in [6.07, 6.45) is 6.84. The Morgan fingerprint density at radius 1 is 1.29 bits per heavy atom. The van der Waals surface area contributed by atoms with Gasteiger partial charge >= 0.3 is 0 Å². The molecule has 0 spiro atoms. The number of likely N-dealkylation sites (tertiary alicyclic amines) is 1. The van der Waals surface area contributed by atoms with E-state index in [1.807, 2.05) is 12.1 Å². The number of H-pyrrole nitrogens is 1. The minimum absolute atomic E-state index is 0.524. The van der Waals surface area contributed by atoms with Crippen molar-refractivity contribution in [3.63, 3.8) is 0 Å². The lowest BCUT2D eigenvalue weighted by Crippen LogP contribution is -2.29. The average Bonchev–Trinajstić information content (AvgIpc) is 3.25. The summed E-state index contributed by atoms with van der Waals surface area (Å²) >= 11 is 0. The van der Waals surface area contributed by atoms with E-state index in [-0.39, 0.29) is 0 Å². The van der Waals surface area contributed by atoms with Gasteiger partial charge in [-0.05, 0) is 74.3 Å². The lowest BCUT2D eigenvalue weighted by Gasteiger charge is -2.28. The van der Waals surface area contributed by atoms with Gasteiger partial charge < -0.3 is 19.7 Å². The highest BCUT2D eigenvalue weighted by molar-refractivity contribution is 5.97. The van der Waals surface area contributed by atoms with Crippen LogP contribution < -0.4 is 0 Å². The van der Waals surface area contributed by atoms with Gasteiger partial charge in [0.2, 0.25) is 0 Å². The van der Waals surface area contributed by atoms with E-state index in [2.05, 4.69) is 41.3 Å². The SMILES string of the molecule is CN1CCC(c2c[nH]c3ccc(CC(=N)c4ccco4)cc23)CC1. The van der Waals surface area contributed by atoms with E-state index in [0.717, 1.165) is 5.56 Å². The molecule has 0 unspecified atom stereocenters. The molecule has 4 heteroatoms. The average molecular weight is 321 g/mol. The molecule has 4 rings (SSSR count). The smallest absolute Gasteiger partial charge is 0.147 e. The molecule has 0 radical (unpaired) electrons. The number of benzene rings is 1. The number of piperidine rings is 1. The van der Waals surface area contributed by atoms with Crippen LogP contribution in [0.3, 0.4) is 0 Å². The first kappa shape index (κ1) is 15.2. The van der Waals surface area contributed by atoms with Crippen LogP contribution in [0.1, 0.15) is 35.6 Å². The van der Waals surface area contributed by atoms with Gasteiger partial charge in [0, 0.05) is 23.5 Å². The molecule has 2 aromatic heterocycles. The van der Waals surface area contributed by atoms with E-state index < -0.39 is 0 Å². The Labute approximate surface area is 142 Å². The Kier molecular flexibility index (Phi) is 3.98. The van der Waals surface area contributed by atoms with E-state index in [0.29, 0.717) is 23.8 Å². The molecule has 1 fully saturated rings. The van der Waals surface area contributed by atoms with Crippen LogP contribution in [0.4, 0.5) is 0 Å². The van der Waals surface area contributed by atoms with Gasteiger partial charge in [0.15, 0.2) is 0 Å². The first-order chi connectivity index (χ1) is 11.7. The van der Waals surface area contributed by atoms with Crippen LogP contribution in [0.2, 0.25) is 0 Å². The molecule has 2 N–H and O–H groups in total. The first-order valence-corrected chi connectivity index (χ1v) is 8.60. The van der Waals surface area contributed by atoms with Crippen LogP contribution in [0.5, 0.6) is 0 Å². The van der Waals surface area contributed by atoms with Crippen molar-refractivity contribution < 1.29 is 4.42 Å². The maximum absolute atomic E-state index is 8.22. The summed E-state index contributed by atoms with van der Waals surface area (Å²) in [5, 5.41) is 9.53. The Morgan fingerprint density at radius 2 is 2.12 bits per heavy atom. The zero-order chi connectivity index (χ0) is 16.5. The van der Waals surface area contributed by atoms with Gasteiger partial charge in [0.05, 0.1) is 12.0 Å². The second-order valence-corrected chi connectivity index (χ2v) is 6.83. The maximum Gasteiger partial charge on any atom is 0.147 e. The number of aromatic amines is 1. The molecular weight excluding hydrogens is 298 g/mol. The van der Waals surface area contributed by atoms with Crippen LogP contribution in [-0.2, 0) is 6.42 Å². The highest BCUT2D eigenvalue weighted by atomic mass is 16.3. The normalized spacial score (nSPS) is 16.7. The molecule has 3 heterocycles. The summed E-state index contributed by atoms with van der Waals surface area (Å²) in [5.41, 5.74) is 4.31. The highest BCUT2D eigenvalue weighted by Crippen LogP contribution is 2.33. The molecule has 0 amide bonds. The number of hydrogen-bond acceptors (Lipinski definition) is 3. The van der Waals surface area contributed by atoms with Gasteiger partial charge in [-0.15, -0.1) is 0 Å². The molecular formula is C20H23N3O. The molecule has 124 valence electrons. The van der Waals surface area contributed by atoms with Crippen molar-refractivity contribution in [3.8, 4) is 0 Å². The van der Waals surface area contributed by atoms with Crippen LogP contribution >= 0.6 is 0 Å². The first-order valence-electron chi connectivity index (χ1n) is 8.60. The van der Waals surface area contributed by atoms with Crippen molar-refractivity contribution in [1.82, 2.24) is 9.88 Å². The lowest BCUT2D eigenvalue weighted by atomic mass is 9.89. The summed E-state index contributed by atoms with van der Waals surface area (Å²) in [4.78, 5) is 5.82. The quantitative estimate of drug-likeness (QED) is 0.708. The third-order valence-corrected chi connectivity index (χ3v) is 5.14. The Balaban J connectivity index is 1.60. The van der Waals surface area contributed by atoms with Gasteiger partial charge in [-0.25, -0.2) is 0 Å². The molecule has 0 aliphatic carbocycles. The lowest BCUT2D eigenvalue weighted by molar-refractivity contribution is 0.256. The molecule has 24 heavy (non-hydrogen) atoms. The minimum Gasteiger partial charge on any atom is -0.463 e. The van der Waals surface area contributed by atoms with Crippen molar-refractivity contribution in [2.75, 3.05) is 20.1 Å². The van der Waals surface area contributed by atoms with Crippen molar-refractivity contribution in [2.45, 2.75) is 25.2 Å². The van der Waals surface area contributed by atoms with Gasteiger partial charge in [0.1, 0.15) is 5.76 Å². The number of fused-ring (bicyclic) bond motifs is 1. The number of nitrogens with zero attached hydrogens (tertiary/aromatic N) is 1. The Morgan fingerprint density at radius 3 is 2.88 bits per heavy atom. The molecule has 0 saturated carbocycles. The summed E-state index contributed by atoms with van der Waals surface area (Å²) in [5.74, 6) is 1.29. The largest absolute Gasteiger partial charge is 0.463 e. The summed E-state index contributed by atoms with van der Waals surface area (Å²) in [6.45, 7) is 2.33. The van der Waals surface area contributed by atoms with Crippen LogP contribution in [0.15, 0.2) is 47.2 Å².